The summed E-state index contributed by atoms with van der Waals surface area (Å²) >= 11 is 0. The van der Waals surface area contributed by atoms with Crippen LogP contribution in [-0.2, 0) is 16.1 Å². The van der Waals surface area contributed by atoms with E-state index in [0.29, 0.717) is 19.5 Å². The second kappa shape index (κ2) is 7.71. The van der Waals surface area contributed by atoms with Gasteiger partial charge in [-0.3, -0.25) is 4.79 Å². The van der Waals surface area contributed by atoms with E-state index >= 15 is 0 Å². The third kappa shape index (κ3) is 5.19. The monoisotopic (exact) mass is 251 g/mol. The Bertz CT molecular complexity index is 377. The maximum Gasteiger partial charge on any atom is 0.306 e. The summed E-state index contributed by atoms with van der Waals surface area (Å²) in [5.41, 5.74) is 1.09. The van der Waals surface area contributed by atoms with Gasteiger partial charge in [0.05, 0.1) is 19.6 Å². The Balaban J connectivity index is 2.43. The lowest BCUT2D eigenvalue weighted by Crippen LogP contribution is -2.19. The van der Waals surface area contributed by atoms with Gasteiger partial charge in [-0.25, -0.2) is 0 Å². The molecule has 4 heteroatoms. The summed E-state index contributed by atoms with van der Waals surface area (Å²) in [6.45, 7) is 5.28. The summed E-state index contributed by atoms with van der Waals surface area (Å²) in [6.07, 6.45) is 0.533. The molecule has 100 valence electrons. The first-order valence-corrected chi connectivity index (χ1v) is 6.15. The van der Waals surface area contributed by atoms with E-state index < -0.39 is 0 Å². The summed E-state index contributed by atoms with van der Waals surface area (Å²) in [4.78, 5) is 10.9. The molecule has 0 unspecified atom stereocenters. The van der Waals surface area contributed by atoms with Gasteiger partial charge >= 0.3 is 5.97 Å². The van der Waals surface area contributed by atoms with Gasteiger partial charge in [-0.2, -0.15) is 0 Å². The molecule has 0 saturated heterocycles. The molecule has 0 aliphatic heterocycles. The molecular weight excluding hydrogens is 230 g/mol. The van der Waals surface area contributed by atoms with Crippen LogP contribution in [0.2, 0.25) is 0 Å². The minimum Gasteiger partial charge on any atom is -0.491 e. The normalized spacial score (nSPS) is 10.4. The number of hydrogen-bond acceptors (Lipinski definition) is 4. The first kappa shape index (κ1) is 14.5. The molecule has 0 aliphatic rings. The molecule has 1 N–H and O–H groups in total. The zero-order valence-electron chi connectivity index (χ0n) is 11.2. The predicted octanol–water partition coefficient (Wildman–Crippen LogP) is 2.13. The van der Waals surface area contributed by atoms with Crippen LogP contribution in [0.4, 0.5) is 0 Å². The van der Waals surface area contributed by atoms with E-state index in [0.717, 1.165) is 11.3 Å². The molecule has 0 atom stereocenters. The van der Waals surface area contributed by atoms with Crippen LogP contribution in [-0.4, -0.2) is 25.7 Å². The molecule has 0 bridgehead atoms. The number of benzene rings is 1. The Morgan fingerprint density at radius 3 is 2.72 bits per heavy atom. The van der Waals surface area contributed by atoms with E-state index in [1.165, 1.54) is 7.11 Å². The van der Waals surface area contributed by atoms with Crippen molar-refractivity contribution in [3.63, 3.8) is 0 Å². The Kier molecular flexibility index (Phi) is 6.22. The summed E-state index contributed by atoms with van der Waals surface area (Å²) in [5.74, 6) is 0.687. The SMILES string of the molecule is COC(=O)CCNCc1ccccc1OC(C)C. The fourth-order valence-electron chi connectivity index (χ4n) is 1.53. The first-order chi connectivity index (χ1) is 8.63. The minimum atomic E-state index is -0.200. The quantitative estimate of drug-likeness (QED) is 0.595. The number of para-hydroxylation sites is 1. The molecule has 0 aliphatic carbocycles. The van der Waals surface area contributed by atoms with Crippen LogP contribution in [0, 0.1) is 0 Å². The van der Waals surface area contributed by atoms with E-state index in [1.807, 2.05) is 38.1 Å². The molecule has 1 rings (SSSR count). The molecule has 0 fully saturated rings. The Labute approximate surface area is 108 Å². The number of methoxy groups -OCH3 is 1. The fourth-order valence-corrected chi connectivity index (χ4v) is 1.53. The maximum absolute atomic E-state index is 10.9. The van der Waals surface area contributed by atoms with Crippen LogP contribution >= 0.6 is 0 Å². The van der Waals surface area contributed by atoms with Gasteiger partial charge in [-0.05, 0) is 19.9 Å². The lowest BCUT2D eigenvalue weighted by atomic mass is 10.2. The van der Waals surface area contributed by atoms with E-state index in [4.69, 9.17) is 4.74 Å². The van der Waals surface area contributed by atoms with Crippen molar-refractivity contribution in [3.05, 3.63) is 29.8 Å². The fraction of sp³-hybridized carbons (Fsp3) is 0.500. The number of nitrogens with one attached hydrogen (secondary N) is 1. The topological polar surface area (TPSA) is 47.6 Å². The lowest BCUT2D eigenvalue weighted by molar-refractivity contribution is -0.140. The Hall–Kier alpha value is -1.55. The molecule has 0 amide bonds. The van der Waals surface area contributed by atoms with Crippen LogP contribution in [0.3, 0.4) is 0 Å². The van der Waals surface area contributed by atoms with Crippen LogP contribution in [0.1, 0.15) is 25.8 Å². The zero-order chi connectivity index (χ0) is 13.4. The van der Waals surface area contributed by atoms with Crippen LogP contribution in [0.25, 0.3) is 0 Å². The highest BCUT2D eigenvalue weighted by molar-refractivity contribution is 5.69. The van der Waals surface area contributed by atoms with Crippen molar-refractivity contribution in [3.8, 4) is 5.75 Å². The van der Waals surface area contributed by atoms with Crippen LogP contribution < -0.4 is 10.1 Å². The standard InChI is InChI=1S/C14H21NO3/c1-11(2)18-13-7-5-4-6-12(13)10-15-9-8-14(16)17-3/h4-7,11,15H,8-10H2,1-3H3. The molecule has 0 saturated carbocycles. The maximum atomic E-state index is 10.9. The van der Waals surface area contributed by atoms with Crippen LogP contribution in [0.5, 0.6) is 5.75 Å². The van der Waals surface area contributed by atoms with Gasteiger partial charge in [0.25, 0.3) is 0 Å². The number of ether oxygens (including phenoxy) is 2. The molecular formula is C14H21NO3. The van der Waals surface area contributed by atoms with Crippen molar-refractivity contribution in [1.82, 2.24) is 5.32 Å². The highest BCUT2D eigenvalue weighted by Gasteiger charge is 2.05. The summed E-state index contributed by atoms with van der Waals surface area (Å²) in [5, 5.41) is 3.20. The van der Waals surface area contributed by atoms with E-state index in [2.05, 4.69) is 10.1 Å². The van der Waals surface area contributed by atoms with Gasteiger partial charge in [0.2, 0.25) is 0 Å². The molecule has 0 heterocycles. The average Bonchev–Trinajstić information content (AvgIpc) is 2.35. The van der Waals surface area contributed by atoms with Gasteiger partial charge in [0.1, 0.15) is 5.75 Å². The number of rotatable bonds is 7. The summed E-state index contributed by atoms with van der Waals surface area (Å²) in [6, 6.07) is 7.90. The summed E-state index contributed by atoms with van der Waals surface area (Å²) in [7, 11) is 1.40. The largest absolute Gasteiger partial charge is 0.491 e. The second-order valence-electron chi connectivity index (χ2n) is 4.28. The molecule has 0 spiro atoms. The van der Waals surface area contributed by atoms with Crippen molar-refractivity contribution in [1.29, 1.82) is 0 Å². The van der Waals surface area contributed by atoms with Gasteiger partial charge < -0.3 is 14.8 Å². The summed E-state index contributed by atoms with van der Waals surface area (Å²) < 4.78 is 10.3. The van der Waals surface area contributed by atoms with Crippen molar-refractivity contribution < 1.29 is 14.3 Å². The highest BCUT2D eigenvalue weighted by Crippen LogP contribution is 2.18. The smallest absolute Gasteiger partial charge is 0.306 e. The van der Waals surface area contributed by atoms with Crippen LogP contribution in [0.15, 0.2) is 24.3 Å². The van der Waals surface area contributed by atoms with Gasteiger partial charge in [-0.1, -0.05) is 18.2 Å². The van der Waals surface area contributed by atoms with Crippen molar-refractivity contribution in [2.24, 2.45) is 0 Å². The third-order valence-electron chi connectivity index (χ3n) is 2.38. The molecule has 1 aromatic carbocycles. The lowest BCUT2D eigenvalue weighted by Gasteiger charge is -2.14. The van der Waals surface area contributed by atoms with E-state index in [-0.39, 0.29) is 12.1 Å². The van der Waals surface area contributed by atoms with Crippen molar-refractivity contribution in [2.75, 3.05) is 13.7 Å². The number of carbonyl (C=O) groups is 1. The van der Waals surface area contributed by atoms with Crippen molar-refractivity contribution in [2.45, 2.75) is 32.9 Å². The van der Waals surface area contributed by atoms with Gasteiger partial charge in [-0.15, -0.1) is 0 Å². The Morgan fingerprint density at radius 1 is 1.33 bits per heavy atom. The second-order valence-corrected chi connectivity index (χ2v) is 4.28. The highest BCUT2D eigenvalue weighted by atomic mass is 16.5. The first-order valence-electron chi connectivity index (χ1n) is 6.15. The molecule has 0 aromatic heterocycles. The molecule has 4 nitrogen and oxygen atoms in total. The number of esters is 1. The number of carbonyl (C=O) groups excluding carboxylic acids is 1. The van der Waals surface area contributed by atoms with E-state index in [1.54, 1.807) is 0 Å². The Morgan fingerprint density at radius 2 is 2.06 bits per heavy atom. The zero-order valence-corrected chi connectivity index (χ0v) is 11.2. The van der Waals surface area contributed by atoms with Gasteiger partial charge in [0.15, 0.2) is 0 Å². The predicted molar refractivity (Wildman–Crippen MR) is 70.5 cm³/mol. The molecule has 0 radical (unpaired) electrons. The molecule has 18 heavy (non-hydrogen) atoms. The number of hydrogen-bond donors (Lipinski definition) is 1. The van der Waals surface area contributed by atoms with Crippen molar-refractivity contribution >= 4 is 5.97 Å². The average molecular weight is 251 g/mol. The third-order valence-corrected chi connectivity index (χ3v) is 2.38. The van der Waals surface area contributed by atoms with E-state index in [9.17, 15) is 4.79 Å². The van der Waals surface area contributed by atoms with Gasteiger partial charge in [0, 0.05) is 18.7 Å². The molecule has 1 aromatic rings. The minimum absolute atomic E-state index is 0.154.